The maximum absolute atomic E-state index is 10.5. The van der Waals surface area contributed by atoms with Crippen molar-refractivity contribution in [1.82, 2.24) is 0 Å². The molecular weight excluding hydrogens is 230 g/mol. The number of carbonyl (C=O) groups is 1. The van der Waals surface area contributed by atoms with Gasteiger partial charge in [0.05, 0.1) is 5.69 Å². The summed E-state index contributed by atoms with van der Waals surface area (Å²) in [5, 5.41) is 0. The number of halogens is 1. The lowest BCUT2D eigenvalue weighted by Crippen LogP contribution is -2.16. The van der Waals surface area contributed by atoms with Crippen molar-refractivity contribution in [2.45, 2.75) is 6.92 Å². The highest BCUT2D eigenvalue weighted by Gasteiger charge is 2.03. The lowest BCUT2D eigenvalue weighted by atomic mass is 10.2. The minimum absolute atomic E-state index is 0.695. The van der Waals surface area contributed by atoms with Gasteiger partial charge in [0.2, 0.25) is 0 Å². The van der Waals surface area contributed by atoms with Gasteiger partial charge in [0.15, 0.2) is 0 Å². The van der Waals surface area contributed by atoms with Gasteiger partial charge in [0.1, 0.15) is 6.29 Å². The average Bonchev–Trinajstić information content (AvgIpc) is 2.16. The number of rotatable bonds is 3. The molecular formula is C10H12BrNO. The summed E-state index contributed by atoms with van der Waals surface area (Å²) in [6.07, 6.45) is 0.848. The van der Waals surface area contributed by atoms with Gasteiger partial charge >= 0.3 is 0 Å². The molecule has 1 aromatic rings. The number of hydrogen-bond donors (Lipinski definition) is 0. The normalized spacial score (nSPS) is 9.77. The van der Waals surface area contributed by atoms with Crippen LogP contribution >= 0.6 is 15.9 Å². The molecule has 0 fully saturated rings. The molecule has 13 heavy (non-hydrogen) atoms. The zero-order valence-electron chi connectivity index (χ0n) is 7.75. The van der Waals surface area contributed by atoms with E-state index in [1.165, 1.54) is 0 Å². The summed E-state index contributed by atoms with van der Waals surface area (Å²) in [5.41, 5.74) is 1.80. The van der Waals surface area contributed by atoms with E-state index in [1.54, 1.807) is 0 Å². The van der Waals surface area contributed by atoms with Crippen LogP contribution in [-0.2, 0) is 0 Å². The molecule has 0 unspecified atom stereocenters. The predicted octanol–water partition coefficient (Wildman–Crippen LogP) is 2.72. The molecule has 0 aromatic heterocycles. The molecule has 0 radical (unpaired) electrons. The van der Waals surface area contributed by atoms with Crippen LogP contribution in [0.4, 0.5) is 5.69 Å². The maximum Gasteiger partial charge on any atom is 0.150 e. The van der Waals surface area contributed by atoms with Crippen LogP contribution in [-0.4, -0.2) is 19.9 Å². The van der Waals surface area contributed by atoms with Crippen molar-refractivity contribution < 1.29 is 4.79 Å². The van der Waals surface area contributed by atoms with Crippen LogP contribution in [0.15, 0.2) is 22.7 Å². The highest BCUT2D eigenvalue weighted by molar-refractivity contribution is 9.10. The molecule has 0 aliphatic carbocycles. The SMILES string of the molecule is CCN(C)c1ccc(C=O)cc1Br. The van der Waals surface area contributed by atoms with E-state index >= 15 is 0 Å². The summed E-state index contributed by atoms with van der Waals surface area (Å²) < 4.78 is 0.960. The molecule has 0 amide bonds. The van der Waals surface area contributed by atoms with Gasteiger partial charge in [-0.1, -0.05) is 0 Å². The van der Waals surface area contributed by atoms with Crippen molar-refractivity contribution >= 4 is 27.9 Å². The molecule has 0 aliphatic rings. The van der Waals surface area contributed by atoms with Crippen LogP contribution in [0.25, 0.3) is 0 Å². The molecule has 3 heteroatoms. The van der Waals surface area contributed by atoms with E-state index in [9.17, 15) is 4.79 Å². The van der Waals surface area contributed by atoms with Gasteiger partial charge in [-0.25, -0.2) is 0 Å². The molecule has 2 nitrogen and oxygen atoms in total. The maximum atomic E-state index is 10.5. The Labute approximate surface area is 86.7 Å². The monoisotopic (exact) mass is 241 g/mol. The van der Waals surface area contributed by atoms with E-state index in [0.29, 0.717) is 5.56 Å². The van der Waals surface area contributed by atoms with Crippen molar-refractivity contribution in [3.8, 4) is 0 Å². The first-order chi connectivity index (χ1) is 6.19. The topological polar surface area (TPSA) is 20.3 Å². The number of aldehydes is 1. The second-order valence-corrected chi connectivity index (χ2v) is 3.70. The van der Waals surface area contributed by atoms with E-state index in [-0.39, 0.29) is 0 Å². The molecule has 0 saturated carbocycles. The molecule has 0 N–H and O–H groups in total. The highest BCUT2D eigenvalue weighted by Crippen LogP contribution is 2.25. The molecule has 70 valence electrons. The van der Waals surface area contributed by atoms with E-state index < -0.39 is 0 Å². The smallest absolute Gasteiger partial charge is 0.150 e. The second kappa shape index (κ2) is 4.42. The fourth-order valence-corrected chi connectivity index (χ4v) is 1.78. The van der Waals surface area contributed by atoms with Crippen molar-refractivity contribution in [3.63, 3.8) is 0 Å². The molecule has 0 spiro atoms. The predicted molar refractivity (Wildman–Crippen MR) is 58.5 cm³/mol. The van der Waals surface area contributed by atoms with E-state index in [0.717, 1.165) is 23.0 Å². The number of benzene rings is 1. The lowest BCUT2D eigenvalue weighted by molar-refractivity contribution is 0.112. The van der Waals surface area contributed by atoms with E-state index in [4.69, 9.17) is 0 Å². The first-order valence-electron chi connectivity index (χ1n) is 4.15. The van der Waals surface area contributed by atoms with Gasteiger partial charge in [-0.15, -0.1) is 0 Å². The Hall–Kier alpha value is -0.830. The van der Waals surface area contributed by atoms with Crippen molar-refractivity contribution in [2.75, 3.05) is 18.5 Å². The fourth-order valence-electron chi connectivity index (χ4n) is 1.08. The molecule has 0 bridgehead atoms. The van der Waals surface area contributed by atoms with Gasteiger partial charge in [0.25, 0.3) is 0 Å². The Morgan fingerprint density at radius 3 is 2.69 bits per heavy atom. The number of anilines is 1. The minimum Gasteiger partial charge on any atom is -0.374 e. The summed E-state index contributed by atoms with van der Waals surface area (Å²) in [6.45, 7) is 3.03. The standard InChI is InChI=1S/C10H12BrNO/c1-3-12(2)10-5-4-8(7-13)6-9(10)11/h4-7H,3H2,1-2H3. The summed E-state index contributed by atoms with van der Waals surface area (Å²) in [5.74, 6) is 0. The van der Waals surface area contributed by atoms with Gasteiger partial charge in [-0.05, 0) is 41.1 Å². The van der Waals surface area contributed by atoms with Gasteiger partial charge < -0.3 is 4.90 Å². The first kappa shape index (κ1) is 10.3. The van der Waals surface area contributed by atoms with Crippen LogP contribution < -0.4 is 4.90 Å². The lowest BCUT2D eigenvalue weighted by Gasteiger charge is -2.18. The third kappa shape index (κ3) is 2.31. The Balaban J connectivity index is 3.04. The Morgan fingerprint density at radius 2 is 2.23 bits per heavy atom. The van der Waals surface area contributed by atoms with Gasteiger partial charge in [0, 0.05) is 23.6 Å². The third-order valence-electron chi connectivity index (χ3n) is 1.99. The van der Waals surface area contributed by atoms with Crippen LogP contribution in [0.1, 0.15) is 17.3 Å². The highest BCUT2D eigenvalue weighted by atomic mass is 79.9. The zero-order valence-corrected chi connectivity index (χ0v) is 9.34. The van der Waals surface area contributed by atoms with E-state index in [2.05, 4.69) is 27.8 Å². The quantitative estimate of drug-likeness (QED) is 0.759. The average molecular weight is 242 g/mol. The van der Waals surface area contributed by atoms with Crippen LogP contribution in [0.2, 0.25) is 0 Å². The van der Waals surface area contributed by atoms with Crippen LogP contribution in [0.3, 0.4) is 0 Å². The van der Waals surface area contributed by atoms with Gasteiger partial charge in [-0.2, -0.15) is 0 Å². The third-order valence-corrected chi connectivity index (χ3v) is 2.63. The summed E-state index contributed by atoms with van der Waals surface area (Å²) in [7, 11) is 2.01. The van der Waals surface area contributed by atoms with Gasteiger partial charge in [-0.3, -0.25) is 4.79 Å². The van der Waals surface area contributed by atoms with Crippen molar-refractivity contribution in [2.24, 2.45) is 0 Å². The summed E-state index contributed by atoms with van der Waals surface area (Å²) in [6, 6.07) is 5.59. The number of carbonyl (C=O) groups excluding carboxylic acids is 1. The molecule has 1 rings (SSSR count). The van der Waals surface area contributed by atoms with Crippen LogP contribution in [0, 0.1) is 0 Å². The largest absolute Gasteiger partial charge is 0.374 e. The number of hydrogen-bond acceptors (Lipinski definition) is 2. The minimum atomic E-state index is 0.695. The fraction of sp³-hybridized carbons (Fsp3) is 0.300. The Morgan fingerprint density at radius 1 is 1.54 bits per heavy atom. The van der Waals surface area contributed by atoms with Crippen LogP contribution in [0.5, 0.6) is 0 Å². The zero-order chi connectivity index (χ0) is 9.84. The molecule has 1 aromatic carbocycles. The molecule has 0 atom stereocenters. The molecule has 0 heterocycles. The first-order valence-corrected chi connectivity index (χ1v) is 4.94. The summed E-state index contributed by atoms with van der Waals surface area (Å²) >= 11 is 3.43. The molecule has 0 aliphatic heterocycles. The van der Waals surface area contributed by atoms with E-state index in [1.807, 2.05) is 25.2 Å². The number of nitrogens with zero attached hydrogens (tertiary/aromatic N) is 1. The second-order valence-electron chi connectivity index (χ2n) is 2.84. The molecule has 0 saturated heterocycles. The van der Waals surface area contributed by atoms with Crippen molar-refractivity contribution in [1.29, 1.82) is 0 Å². The Bertz CT molecular complexity index is 312. The van der Waals surface area contributed by atoms with Crippen molar-refractivity contribution in [3.05, 3.63) is 28.2 Å². The Kier molecular flexibility index (Phi) is 3.48. The summed E-state index contributed by atoms with van der Waals surface area (Å²) in [4.78, 5) is 12.6.